The third kappa shape index (κ3) is 4.31. The molecule has 1 aromatic carbocycles. The maximum atomic E-state index is 12.7. The number of nitrogens with zero attached hydrogens (tertiary/aromatic N) is 4. The molecule has 1 amide bonds. The van der Waals surface area contributed by atoms with Gasteiger partial charge in [-0.25, -0.2) is 19.9 Å². The fourth-order valence-corrected chi connectivity index (χ4v) is 4.21. The van der Waals surface area contributed by atoms with Gasteiger partial charge in [0.1, 0.15) is 10.6 Å². The third-order valence-corrected chi connectivity index (χ3v) is 5.77. The van der Waals surface area contributed by atoms with Gasteiger partial charge in [-0.1, -0.05) is 12.1 Å². The van der Waals surface area contributed by atoms with Crippen molar-refractivity contribution in [2.75, 3.05) is 5.32 Å². The lowest BCUT2D eigenvalue weighted by atomic mass is 10.1. The van der Waals surface area contributed by atoms with Crippen molar-refractivity contribution >= 4 is 33.7 Å². The van der Waals surface area contributed by atoms with Gasteiger partial charge in [0.2, 0.25) is 0 Å². The number of carbonyl (C=O) groups is 1. The van der Waals surface area contributed by atoms with Crippen LogP contribution in [0.15, 0.2) is 48.1 Å². The number of aryl methyl sites for hydroxylation is 1. The SMILES string of the molecule is Cc1nc(-c2ncccn2)sc1C(=O)Nc1nc(-c2ccccc2OC(F)F)cs1. The quantitative estimate of drug-likeness (QED) is 0.455. The minimum absolute atomic E-state index is 0.0153. The van der Waals surface area contributed by atoms with Crippen LogP contribution in [0.1, 0.15) is 15.4 Å². The maximum absolute atomic E-state index is 12.7. The van der Waals surface area contributed by atoms with E-state index in [0.29, 0.717) is 37.8 Å². The van der Waals surface area contributed by atoms with E-state index in [2.05, 4.69) is 30.0 Å². The Morgan fingerprint density at radius 1 is 1.13 bits per heavy atom. The Kier molecular flexibility index (Phi) is 5.72. The molecule has 4 aromatic rings. The van der Waals surface area contributed by atoms with Crippen molar-refractivity contribution < 1.29 is 18.3 Å². The van der Waals surface area contributed by atoms with Crippen LogP contribution >= 0.6 is 22.7 Å². The average Bonchev–Trinajstić information content (AvgIpc) is 3.35. The topological polar surface area (TPSA) is 89.9 Å². The molecule has 0 spiro atoms. The van der Waals surface area contributed by atoms with Crippen molar-refractivity contribution in [3.63, 3.8) is 0 Å². The molecule has 30 heavy (non-hydrogen) atoms. The molecule has 0 bridgehead atoms. The van der Waals surface area contributed by atoms with Crippen LogP contribution in [0.25, 0.3) is 22.1 Å². The first-order chi connectivity index (χ1) is 14.5. The Labute approximate surface area is 177 Å². The minimum Gasteiger partial charge on any atom is -0.434 e. The molecule has 152 valence electrons. The van der Waals surface area contributed by atoms with E-state index in [1.807, 2.05) is 0 Å². The van der Waals surface area contributed by atoms with E-state index < -0.39 is 6.61 Å². The van der Waals surface area contributed by atoms with Crippen molar-refractivity contribution in [2.45, 2.75) is 13.5 Å². The molecule has 0 aliphatic carbocycles. The molecule has 0 saturated carbocycles. The van der Waals surface area contributed by atoms with Crippen LogP contribution in [0.3, 0.4) is 0 Å². The summed E-state index contributed by atoms with van der Waals surface area (Å²) in [6.07, 6.45) is 3.21. The number of rotatable bonds is 6. The third-order valence-electron chi connectivity index (χ3n) is 3.86. The number of nitrogens with one attached hydrogen (secondary N) is 1. The molecular formula is C19H13F2N5O2S2. The Morgan fingerprint density at radius 3 is 2.67 bits per heavy atom. The number of aromatic nitrogens is 4. The number of thiazole rings is 2. The summed E-state index contributed by atoms with van der Waals surface area (Å²) in [5.74, 6) is 0.0866. The van der Waals surface area contributed by atoms with Crippen LogP contribution in [0.2, 0.25) is 0 Å². The van der Waals surface area contributed by atoms with Crippen molar-refractivity contribution in [2.24, 2.45) is 0 Å². The number of halogens is 2. The van der Waals surface area contributed by atoms with Crippen molar-refractivity contribution in [3.05, 3.63) is 58.7 Å². The maximum Gasteiger partial charge on any atom is 0.387 e. The van der Waals surface area contributed by atoms with Gasteiger partial charge in [0.05, 0.1) is 11.4 Å². The average molecular weight is 445 g/mol. The van der Waals surface area contributed by atoms with Crippen LogP contribution in [-0.2, 0) is 0 Å². The molecule has 11 heteroatoms. The lowest BCUT2D eigenvalue weighted by Gasteiger charge is -2.08. The number of alkyl halides is 2. The van der Waals surface area contributed by atoms with Gasteiger partial charge >= 0.3 is 6.61 Å². The number of amides is 1. The lowest BCUT2D eigenvalue weighted by Crippen LogP contribution is -2.11. The van der Waals surface area contributed by atoms with E-state index in [9.17, 15) is 13.6 Å². The standard InChI is InChI=1S/C19H13F2N5O2S2/c1-10-14(30-17(24-10)15-22-7-4-8-23-15)16(27)26-19-25-12(9-29-19)11-5-2-3-6-13(11)28-18(20)21/h2-9,18H,1H3,(H,25,26,27). The van der Waals surface area contributed by atoms with Gasteiger partial charge in [-0.05, 0) is 25.1 Å². The number of carbonyl (C=O) groups excluding carboxylic acids is 1. The summed E-state index contributed by atoms with van der Waals surface area (Å²) in [5, 5.41) is 5.25. The van der Waals surface area contributed by atoms with Crippen molar-refractivity contribution in [1.29, 1.82) is 0 Å². The van der Waals surface area contributed by atoms with Gasteiger partial charge in [0.15, 0.2) is 16.0 Å². The highest BCUT2D eigenvalue weighted by Crippen LogP contribution is 2.33. The van der Waals surface area contributed by atoms with Gasteiger partial charge in [-0.2, -0.15) is 8.78 Å². The van der Waals surface area contributed by atoms with E-state index in [-0.39, 0.29) is 11.7 Å². The number of ether oxygens (including phenoxy) is 1. The molecule has 0 radical (unpaired) electrons. The fraction of sp³-hybridized carbons (Fsp3) is 0.105. The van der Waals surface area contributed by atoms with Gasteiger partial charge in [0.25, 0.3) is 5.91 Å². The van der Waals surface area contributed by atoms with Gasteiger partial charge in [-0.15, -0.1) is 22.7 Å². The monoisotopic (exact) mass is 445 g/mol. The smallest absolute Gasteiger partial charge is 0.387 e. The highest BCUT2D eigenvalue weighted by Gasteiger charge is 2.19. The van der Waals surface area contributed by atoms with Crippen LogP contribution in [0.4, 0.5) is 13.9 Å². The molecule has 0 aliphatic rings. The lowest BCUT2D eigenvalue weighted by molar-refractivity contribution is -0.0494. The Hall–Kier alpha value is -3.31. The molecule has 0 aliphatic heterocycles. The zero-order valence-electron chi connectivity index (χ0n) is 15.4. The first-order valence-corrected chi connectivity index (χ1v) is 10.3. The second-order valence-electron chi connectivity index (χ2n) is 5.87. The normalized spacial score (nSPS) is 10.9. The second kappa shape index (κ2) is 8.59. The summed E-state index contributed by atoms with van der Waals surface area (Å²) in [6, 6.07) is 8.04. The molecule has 0 atom stereocenters. The van der Waals surface area contributed by atoms with Gasteiger partial charge in [0, 0.05) is 23.3 Å². The van der Waals surface area contributed by atoms with E-state index >= 15 is 0 Å². The molecule has 0 saturated heterocycles. The molecule has 0 unspecified atom stereocenters. The largest absolute Gasteiger partial charge is 0.434 e. The zero-order valence-corrected chi connectivity index (χ0v) is 17.0. The summed E-state index contributed by atoms with van der Waals surface area (Å²) < 4.78 is 29.8. The van der Waals surface area contributed by atoms with Crippen LogP contribution in [0.5, 0.6) is 5.75 Å². The number of hydrogen-bond acceptors (Lipinski definition) is 8. The highest BCUT2D eigenvalue weighted by molar-refractivity contribution is 7.17. The number of para-hydroxylation sites is 1. The molecule has 3 heterocycles. The van der Waals surface area contributed by atoms with Crippen LogP contribution in [0, 0.1) is 6.92 Å². The first-order valence-electron chi connectivity index (χ1n) is 8.57. The van der Waals surface area contributed by atoms with Gasteiger partial charge in [-0.3, -0.25) is 10.1 Å². The number of anilines is 1. The van der Waals surface area contributed by atoms with E-state index in [0.717, 1.165) is 0 Å². The van der Waals surface area contributed by atoms with E-state index in [1.54, 1.807) is 49.0 Å². The molecule has 0 fully saturated rings. The summed E-state index contributed by atoms with van der Waals surface area (Å²) in [6.45, 7) is -1.22. The molecule has 4 rings (SSSR count). The van der Waals surface area contributed by atoms with E-state index in [4.69, 9.17) is 0 Å². The van der Waals surface area contributed by atoms with Gasteiger partial charge < -0.3 is 4.74 Å². The molecule has 7 nitrogen and oxygen atoms in total. The Morgan fingerprint density at radius 2 is 1.90 bits per heavy atom. The Balaban J connectivity index is 1.54. The molecular weight excluding hydrogens is 432 g/mol. The van der Waals surface area contributed by atoms with Crippen molar-refractivity contribution in [1.82, 2.24) is 19.9 Å². The van der Waals surface area contributed by atoms with Crippen LogP contribution < -0.4 is 10.1 Å². The minimum atomic E-state index is -2.94. The summed E-state index contributed by atoms with van der Waals surface area (Å²) in [5.41, 5.74) is 1.38. The predicted molar refractivity (Wildman–Crippen MR) is 110 cm³/mol. The first kappa shape index (κ1) is 20.0. The summed E-state index contributed by atoms with van der Waals surface area (Å²) in [4.78, 5) is 30.1. The summed E-state index contributed by atoms with van der Waals surface area (Å²) in [7, 11) is 0. The zero-order chi connectivity index (χ0) is 21.1. The van der Waals surface area contributed by atoms with Crippen molar-refractivity contribution in [3.8, 4) is 27.8 Å². The van der Waals surface area contributed by atoms with E-state index in [1.165, 1.54) is 28.7 Å². The number of benzene rings is 1. The van der Waals surface area contributed by atoms with Crippen LogP contribution in [-0.4, -0.2) is 32.5 Å². The second-order valence-corrected chi connectivity index (χ2v) is 7.73. The number of hydrogen-bond donors (Lipinski definition) is 1. The fourth-order valence-electron chi connectivity index (χ4n) is 2.60. The predicted octanol–water partition coefficient (Wildman–Crippen LogP) is 4.89. The molecule has 3 aromatic heterocycles. The summed E-state index contributed by atoms with van der Waals surface area (Å²) >= 11 is 2.36. The molecule has 1 N–H and O–H groups in total. The Bertz CT molecular complexity index is 1180. The highest BCUT2D eigenvalue weighted by atomic mass is 32.1.